The van der Waals surface area contributed by atoms with Crippen LogP contribution in [0.25, 0.3) is 30.7 Å². The van der Waals surface area contributed by atoms with Crippen LogP contribution in [0.3, 0.4) is 0 Å². The summed E-state index contributed by atoms with van der Waals surface area (Å²) in [5, 5.41) is 13.0. The van der Waals surface area contributed by atoms with Crippen molar-refractivity contribution in [1.29, 1.82) is 0 Å². The smallest absolute Gasteiger partial charge is 0.194 e. The van der Waals surface area contributed by atoms with E-state index in [1.165, 1.54) is 104 Å². The first-order valence-corrected chi connectivity index (χ1v) is 24.9. The summed E-state index contributed by atoms with van der Waals surface area (Å²) in [6, 6.07) is 16.1. The third-order valence-electron chi connectivity index (χ3n) is 11.2. The van der Waals surface area contributed by atoms with E-state index in [4.69, 9.17) is 0 Å². The summed E-state index contributed by atoms with van der Waals surface area (Å²) in [5.41, 5.74) is -5.96. The highest BCUT2D eigenvalue weighted by Crippen LogP contribution is 2.78. The summed E-state index contributed by atoms with van der Waals surface area (Å²) in [5.74, 6) is -31.2. The zero-order chi connectivity index (χ0) is 43.9. The zero-order valence-corrected chi connectivity index (χ0v) is 36.9. The maximum Gasteiger partial charge on any atom is 0.380 e. The minimum atomic E-state index is -5.56. The predicted octanol–water partition coefficient (Wildman–Crippen LogP) is 17.0. The lowest BCUT2D eigenvalue weighted by Crippen LogP contribution is -2.48. The Kier molecular flexibility index (Phi) is 9.73. The van der Waals surface area contributed by atoms with Crippen molar-refractivity contribution in [3.63, 3.8) is 0 Å². The molecule has 0 bridgehead atoms. The Labute approximate surface area is 376 Å². The summed E-state index contributed by atoms with van der Waals surface area (Å²) < 4.78 is 177. The second-order valence-electron chi connectivity index (χ2n) is 14.2. The molecule has 0 spiro atoms. The van der Waals surface area contributed by atoms with E-state index < -0.39 is 67.3 Å². The number of thioether (sulfide) groups is 2. The number of fused-ring (bicyclic) bond motifs is 4. The monoisotopic (exact) mass is 1010 g/mol. The van der Waals surface area contributed by atoms with E-state index in [2.05, 4.69) is 0 Å². The van der Waals surface area contributed by atoms with E-state index in [0.29, 0.717) is 19.5 Å². The van der Waals surface area contributed by atoms with Crippen LogP contribution >= 0.6 is 91.5 Å². The largest absolute Gasteiger partial charge is 0.380 e. The Hall–Kier alpha value is -3.24. The summed E-state index contributed by atoms with van der Waals surface area (Å²) in [6.07, 6.45) is 2.63. The minimum absolute atomic E-state index is 0.162. The van der Waals surface area contributed by atoms with Crippen molar-refractivity contribution in [3.05, 3.63) is 159 Å². The van der Waals surface area contributed by atoms with Gasteiger partial charge in [-0.05, 0) is 90.6 Å². The topological polar surface area (TPSA) is 0 Å². The van der Waals surface area contributed by atoms with Gasteiger partial charge in [-0.3, -0.25) is 0 Å². The number of thiophene rings is 6. The molecule has 1 saturated carbocycles. The molecule has 62 heavy (non-hydrogen) atoms. The molecule has 2 atom stereocenters. The van der Waals surface area contributed by atoms with Gasteiger partial charge < -0.3 is 0 Å². The highest BCUT2D eigenvalue weighted by atomic mass is 32.2. The SMILES string of the molecule is FC1(F)C(c2ccsc2-c2cccs2)=C(c2ccsc2-c2cccs2)C(F)(F)C1(F)F.FC1(F)C2=C3C=CSC3(c3cccs3)C3(c4cccs4)SC=CC3=C2C(F)(F)C1(F)F. The fraction of sp³-hybridized carbons (Fsp3) is 0.190. The molecule has 11 rings (SSSR count). The third kappa shape index (κ3) is 5.23. The first-order valence-electron chi connectivity index (χ1n) is 17.8. The van der Waals surface area contributed by atoms with Crippen LogP contribution in [-0.2, 0) is 9.49 Å². The molecule has 0 nitrogen and oxygen atoms in total. The van der Waals surface area contributed by atoms with Crippen LogP contribution in [0.1, 0.15) is 20.9 Å². The van der Waals surface area contributed by atoms with Gasteiger partial charge in [0.15, 0.2) is 0 Å². The van der Waals surface area contributed by atoms with Gasteiger partial charge in [0.1, 0.15) is 9.49 Å². The molecule has 8 heterocycles. The molecule has 2 aliphatic heterocycles. The fourth-order valence-electron chi connectivity index (χ4n) is 8.60. The van der Waals surface area contributed by atoms with E-state index in [1.807, 2.05) is 0 Å². The van der Waals surface area contributed by atoms with Gasteiger partial charge in [0.05, 0.1) is 9.75 Å². The molecular weight excluding hydrogens is 989 g/mol. The molecule has 6 aromatic heterocycles. The first-order chi connectivity index (χ1) is 29.3. The summed E-state index contributed by atoms with van der Waals surface area (Å²) >= 11 is 9.59. The van der Waals surface area contributed by atoms with Crippen LogP contribution in [0.4, 0.5) is 52.7 Å². The Morgan fingerprint density at radius 1 is 0.355 bits per heavy atom. The van der Waals surface area contributed by atoms with E-state index >= 15 is 35.1 Å². The van der Waals surface area contributed by atoms with E-state index in [9.17, 15) is 17.6 Å². The van der Waals surface area contributed by atoms with E-state index in [1.54, 1.807) is 80.9 Å². The van der Waals surface area contributed by atoms with Crippen molar-refractivity contribution in [2.75, 3.05) is 0 Å². The molecule has 0 N–H and O–H groups in total. The Bertz CT molecular complexity index is 2680. The van der Waals surface area contributed by atoms with Gasteiger partial charge in [-0.15, -0.1) is 91.5 Å². The van der Waals surface area contributed by atoms with Crippen molar-refractivity contribution in [2.45, 2.75) is 45.0 Å². The highest BCUT2D eigenvalue weighted by molar-refractivity contribution is 8.07. The fourth-order valence-corrected chi connectivity index (χ4v) is 17.5. The average Bonchev–Trinajstić information content (AvgIpc) is 4.08. The molecule has 0 aromatic carbocycles. The van der Waals surface area contributed by atoms with Gasteiger partial charge in [0, 0.05) is 52.9 Å². The number of allylic oxidation sites excluding steroid dienone is 6. The molecule has 0 saturated heterocycles. The van der Waals surface area contributed by atoms with Crippen LogP contribution in [0, 0.1) is 0 Å². The van der Waals surface area contributed by atoms with E-state index in [-0.39, 0.29) is 32.0 Å². The number of hydrogen-bond donors (Lipinski definition) is 0. The maximum atomic E-state index is 15.1. The number of alkyl halides is 12. The van der Waals surface area contributed by atoms with Gasteiger partial charge in [-0.2, -0.15) is 52.7 Å². The normalized spacial score (nSPS) is 26.5. The lowest BCUT2D eigenvalue weighted by Gasteiger charge is -2.50. The van der Waals surface area contributed by atoms with Crippen molar-refractivity contribution in [3.8, 4) is 19.5 Å². The van der Waals surface area contributed by atoms with Crippen molar-refractivity contribution < 1.29 is 52.7 Å². The summed E-state index contributed by atoms with van der Waals surface area (Å²) in [7, 11) is 0. The Morgan fingerprint density at radius 2 is 0.710 bits per heavy atom. The molecule has 2 unspecified atom stereocenters. The molecule has 320 valence electrons. The Balaban J connectivity index is 0.000000148. The molecule has 3 aliphatic carbocycles. The maximum absolute atomic E-state index is 15.1. The second-order valence-corrected chi connectivity index (χ2v) is 22.1. The van der Waals surface area contributed by atoms with Gasteiger partial charge in [0.25, 0.3) is 0 Å². The first kappa shape index (κ1) is 42.7. The summed E-state index contributed by atoms with van der Waals surface area (Å²) in [6.45, 7) is 0. The van der Waals surface area contributed by atoms with Crippen LogP contribution in [0.5, 0.6) is 0 Å². The highest BCUT2D eigenvalue weighted by Gasteiger charge is 2.85. The van der Waals surface area contributed by atoms with E-state index in [0.717, 1.165) is 22.7 Å². The lowest BCUT2D eigenvalue weighted by molar-refractivity contribution is -0.258. The average molecular weight is 1010 g/mol. The standard InChI is InChI=1S/2C21H10F6S4/c22-19(23)15-11-5-9-30-17(11,13-3-1-7-28-13)18(14-4-2-8-29-14)12(6-10-31-18)16(15)20(24,25)21(19,26)27;22-19(23)15(11-5-9-30-17(11)13-3-1-7-28-13)16(20(24,25)21(19,26)27)12-6-10-31-18(12)14-4-2-8-29-14/h2*1-10H. The number of hydrogen-bond acceptors (Lipinski definition) is 8. The van der Waals surface area contributed by atoms with Crippen LogP contribution < -0.4 is 0 Å². The predicted molar refractivity (Wildman–Crippen MR) is 231 cm³/mol. The molecule has 20 heteroatoms. The lowest BCUT2D eigenvalue weighted by atomic mass is 9.68. The zero-order valence-electron chi connectivity index (χ0n) is 30.3. The quantitative estimate of drug-likeness (QED) is 0.153. The van der Waals surface area contributed by atoms with Crippen LogP contribution in [-0.4, -0.2) is 35.5 Å². The molecule has 0 amide bonds. The van der Waals surface area contributed by atoms with Crippen molar-refractivity contribution in [2.24, 2.45) is 0 Å². The number of halogens is 12. The van der Waals surface area contributed by atoms with Crippen LogP contribution in [0.2, 0.25) is 0 Å². The van der Waals surface area contributed by atoms with Gasteiger partial charge in [-0.25, -0.2) is 0 Å². The number of rotatable bonds is 6. The molecule has 5 aliphatic rings. The Morgan fingerprint density at radius 3 is 1.05 bits per heavy atom. The van der Waals surface area contributed by atoms with Gasteiger partial charge in [-0.1, -0.05) is 36.4 Å². The molecular formula is C42H20F12S8. The third-order valence-corrected chi connectivity index (χ3v) is 20.2. The molecule has 6 aromatic rings. The summed E-state index contributed by atoms with van der Waals surface area (Å²) in [4.78, 5) is 2.94. The van der Waals surface area contributed by atoms with Gasteiger partial charge in [0.2, 0.25) is 0 Å². The van der Waals surface area contributed by atoms with Crippen LogP contribution in [0.15, 0.2) is 138 Å². The second kappa shape index (κ2) is 14.1. The molecule has 1 fully saturated rings. The van der Waals surface area contributed by atoms with Gasteiger partial charge >= 0.3 is 35.5 Å². The van der Waals surface area contributed by atoms with Crippen molar-refractivity contribution >= 4 is 103 Å². The minimum Gasteiger partial charge on any atom is -0.194 e. The molecule has 0 radical (unpaired) electrons. The van der Waals surface area contributed by atoms with Crippen molar-refractivity contribution in [1.82, 2.24) is 0 Å².